The Kier molecular flexibility index (Phi) is 5.91. The van der Waals surface area contributed by atoms with Crippen LogP contribution in [0.3, 0.4) is 0 Å². The standard InChI is InChI=1S/C14H18O4/c1-3-9-18-14(16)10-12(15)11-7-5-6-8-13(11)17-4-2/h5-8H,3-4,9-10H2,1-2H3. The fourth-order valence-corrected chi connectivity index (χ4v) is 1.47. The largest absolute Gasteiger partial charge is 0.493 e. The van der Waals surface area contributed by atoms with Crippen molar-refractivity contribution in [1.82, 2.24) is 0 Å². The lowest BCUT2D eigenvalue weighted by atomic mass is 10.1. The quantitative estimate of drug-likeness (QED) is 0.424. The maximum absolute atomic E-state index is 11.9. The normalized spacial score (nSPS) is 9.89. The Morgan fingerprint density at radius 3 is 2.56 bits per heavy atom. The molecule has 0 saturated carbocycles. The molecule has 0 heterocycles. The first-order valence-corrected chi connectivity index (χ1v) is 6.09. The summed E-state index contributed by atoms with van der Waals surface area (Å²) in [6.07, 6.45) is 0.500. The molecular formula is C14H18O4. The molecule has 0 N–H and O–H groups in total. The predicted molar refractivity (Wildman–Crippen MR) is 67.8 cm³/mol. The third-order valence-corrected chi connectivity index (χ3v) is 2.26. The number of carbonyl (C=O) groups is 2. The minimum absolute atomic E-state index is 0.246. The number of hydrogen-bond acceptors (Lipinski definition) is 4. The van der Waals surface area contributed by atoms with Gasteiger partial charge in [0, 0.05) is 0 Å². The minimum atomic E-state index is -0.492. The van der Waals surface area contributed by atoms with Crippen LogP contribution in [0.5, 0.6) is 5.75 Å². The van der Waals surface area contributed by atoms with Gasteiger partial charge in [0.25, 0.3) is 0 Å². The van der Waals surface area contributed by atoms with E-state index in [1.165, 1.54) is 0 Å². The maximum Gasteiger partial charge on any atom is 0.313 e. The van der Waals surface area contributed by atoms with Gasteiger partial charge in [-0.15, -0.1) is 0 Å². The van der Waals surface area contributed by atoms with Gasteiger partial charge >= 0.3 is 5.97 Å². The SMILES string of the molecule is CCCOC(=O)CC(=O)c1ccccc1OCC. The topological polar surface area (TPSA) is 52.6 Å². The summed E-state index contributed by atoms with van der Waals surface area (Å²) in [4.78, 5) is 23.3. The molecule has 1 aromatic carbocycles. The van der Waals surface area contributed by atoms with E-state index in [1.807, 2.05) is 13.8 Å². The van der Waals surface area contributed by atoms with Crippen LogP contribution in [0.2, 0.25) is 0 Å². The van der Waals surface area contributed by atoms with Crippen LogP contribution in [0.25, 0.3) is 0 Å². The van der Waals surface area contributed by atoms with Crippen molar-refractivity contribution in [3.63, 3.8) is 0 Å². The van der Waals surface area contributed by atoms with E-state index in [4.69, 9.17) is 9.47 Å². The van der Waals surface area contributed by atoms with E-state index in [-0.39, 0.29) is 12.2 Å². The Balaban J connectivity index is 2.68. The van der Waals surface area contributed by atoms with Gasteiger partial charge in [-0.05, 0) is 25.5 Å². The van der Waals surface area contributed by atoms with Gasteiger partial charge in [0.15, 0.2) is 5.78 Å². The van der Waals surface area contributed by atoms with E-state index in [0.717, 1.165) is 6.42 Å². The average molecular weight is 250 g/mol. The summed E-state index contributed by atoms with van der Waals surface area (Å²) in [5.74, 6) is -0.262. The van der Waals surface area contributed by atoms with Crippen molar-refractivity contribution in [2.75, 3.05) is 13.2 Å². The molecule has 4 nitrogen and oxygen atoms in total. The van der Waals surface area contributed by atoms with Crippen LogP contribution < -0.4 is 4.74 Å². The van der Waals surface area contributed by atoms with Gasteiger partial charge in [0.2, 0.25) is 0 Å². The number of para-hydroxylation sites is 1. The van der Waals surface area contributed by atoms with E-state index >= 15 is 0 Å². The molecule has 0 radical (unpaired) electrons. The Bertz CT molecular complexity index is 412. The number of esters is 1. The van der Waals surface area contributed by atoms with Crippen molar-refractivity contribution in [2.45, 2.75) is 26.7 Å². The highest BCUT2D eigenvalue weighted by Gasteiger charge is 2.16. The summed E-state index contributed by atoms with van der Waals surface area (Å²) in [5, 5.41) is 0. The molecule has 1 rings (SSSR count). The van der Waals surface area contributed by atoms with E-state index in [9.17, 15) is 9.59 Å². The van der Waals surface area contributed by atoms with E-state index in [2.05, 4.69) is 0 Å². The summed E-state index contributed by atoms with van der Waals surface area (Å²) in [6.45, 7) is 4.57. The highest BCUT2D eigenvalue weighted by Crippen LogP contribution is 2.19. The van der Waals surface area contributed by atoms with E-state index in [0.29, 0.717) is 24.5 Å². The molecule has 0 aliphatic heterocycles. The highest BCUT2D eigenvalue weighted by molar-refractivity contribution is 6.07. The number of carbonyl (C=O) groups excluding carboxylic acids is 2. The van der Waals surface area contributed by atoms with Crippen LogP contribution in [0.15, 0.2) is 24.3 Å². The van der Waals surface area contributed by atoms with Gasteiger partial charge in [0.05, 0.1) is 18.8 Å². The van der Waals surface area contributed by atoms with Crippen molar-refractivity contribution in [2.24, 2.45) is 0 Å². The molecule has 0 bridgehead atoms. The monoisotopic (exact) mass is 250 g/mol. The molecule has 0 aliphatic rings. The predicted octanol–water partition coefficient (Wildman–Crippen LogP) is 2.61. The van der Waals surface area contributed by atoms with Crippen molar-refractivity contribution < 1.29 is 19.1 Å². The van der Waals surface area contributed by atoms with Crippen molar-refractivity contribution in [1.29, 1.82) is 0 Å². The molecular weight excluding hydrogens is 232 g/mol. The summed E-state index contributed by atoms with van der Waals surface area (Å²) in [6, 6.07) is 6.90. The molecule has 0 fully saturated rings. The van der Waals surface area contributed by atoms with Crippen molar-refractivity contribution in [3.8, 4) is 5.75 Å². The molecule has 0 spiro atoms. The number of hydrogen-bond donors (Lipinski definition) is 0. The second-order valence-electron chi connectivity index (χ2n) is 3.75. The zero-order chi connectivity index (χ0) is 13.4. The van der Waals surface area contributed by atoms with Crippen LogP contribution >= 0.6 is 0 Å². The molecule has 0 aromatic heterocycles. The second-order valence-corrected chi connectivity index (χ2v) is 3.75. The minimum Gasteiger partial charge on any atom is -0.493 e. The van der Waals surface area contributed by atoms with Gasteiger partial charge in [-0.1, -0.05) is 19.1 Å². The lowest BCUT2D eigenvalue weighted by Crippen LogP contribution is -2.13. The zero-order valence-corrected chi connectivity index (χ0v) is 10.8. The first kappa shape index (κ1) is 14.2. The van der Waals surface area contributed by atoms with E-state index in [1.54, 1.807) is 24.3 Å². The van der Waals surface area contributed by atoms with Gasteiger partial charge in [0.1, 0.15) is 12.2 Å². The molecule has 4 heteroatoms. The van der Waals surface area contributed by atoms with Crippen LogP contribution in [0, 0.1) is 0 Å². The summed E-state index contributed by atoms with van der Waals surface area (Å²) >= 11 is 0. The number of ketones is 1. The summed E-state index contributed by atoms with van der Waals surface area (Å²) < 4.78 is 10.2. The van der Waals surface area contributed by atoms with Crippen LogP contribution in [-0.2, 0) is 9.53 Å². The fourth-order valence-electron chi connectivity index (χ4n) is 1.47. The lowest BCUT2D eigenvalue weighted by molar-refractivity contribution is -0.142. The molecule has 0 unspecified atom stereocenters. The van der Waals surface area contributed by atoms with Gasteiger partial charge in [-0.2, -0.15) is 0 Å². The molecule has 98 valence electrons. The van der Waals surface area contributed by atoms with Gasteiger partial charge in [-0.3, -0.25) is 9.59 Å². The van der Waals surface area contributed by atoms with Crippen molar-refractivity contribution in [3.05, 3.63) is 29.8 Å². The molecule has 0 atom stereocenters. The Hall–Kier alpha value is -1.84. The first-order chi connectivity index (χ1) is 8.69. The zero-order valence-electron chi connectivity index (χ0n) is 10.8. The smallest absolute Gasteiger partial charge is 0.313 e. The number of ether oxygens (including phenoxy) is 2. The molecule has 0 saturated heterocycles. The molecule has 1 aromatic rings. The second kappa shape index (κ2) is 7.48. The van der Waals surface area contributed by atoms with Crippen LogP contribution in [0.4, 0.5) is 0 Å². The molecule has 0 aliphatic carbocycles. The van der Waals surface area contributed by atoms with E-state index < -0.39 is 5.97 Å². The summed E-state index contributed by atoms with van der Waals surface area (Å²) in [5.41, 5.74) is 0.424. The number of benzene rings is 1. The van der Waals surface area contributed by atoms with Crippen LogP contribution in [0.1, 0.15) is 37.0 Å². The number of Topliss-reactive ketones (excluding diaryl/α,β-unsaturated/α-hetero) is 1. The van der Waals surface area contributed by atoms with Crippen LogP contribution in [-0.4, -0.2) is 25.0 Å². The Morgan fingerprint density at radius 1 is 1.17 bits per heavy atom. The van der Waals surface area contributed by atoms with Crippen molar-refractivity contribution >= 4 is 11.8 Å². The van der Waals surface area contributed by atoms with Gasteiger partial charge in [-0.25, -0.2) is 0 Å². The summed E-state index contributed by atoms with van der Waals surface area (Å²) in [7, 11) is 0. The first-order valence-electron chi connectivity index (χ1n) is 6.09. The third kappa shape index (κ3) is 4.20. The Morgan fingerprint density at radius 2 is 1.89 bits per heavy atom. The average Bonchev–Trinajstić information content (AvgIpc) is 2.37. The molecule has 0 amide bonds. The molecule has 18 heavy (non-hydrogen) atoms. The van der Waals surface area contributed by atoms with Gasteiger partial charge < -0.3 is 9.47 Å². The maximum atomic E-state index is 11.9. The lowest BCUT2D eigenvalue weighted by Gasteiger charge is -2.08. The Labute approximate surface area is 107 Å². The highest BCUT2D eigenvalue weighted by atomic mass is 16.5. The number of rotatable bonds is 7. The third-order valence-electron chi connectivity index (χ3n) is 2.26. The fraction of sp³-hybridized carbons (Fsp3) is 0.429.